The van der Waals surface area contributed by atoms with E-state index in [-0.39, 0.29) is 0 Å². The fourth-order valence-corrected chi connectivity index (χ4v) is 2.20. The molecule has 0 aliphatic rings. The van der Waals surface area contributed by atoms with Gasteiger partial charge in [0, 0.05) is 18.0 Å². The summed E-state index contributed by atoms with van der Waals surface area (Å²) >= 11 is 0. The predicted molar refractivity (Wildman–Crippen MR) is 79.1 cm³/mol. The van der Waals surface area contributed by atoms with E-state index in [0.29, 0.717) is 17.9 Å². The lowest BCUT2D eigenvalue weighted by atomic mass is 10.1. The molecule has 0 saturated heterocycles. The van der Waals surface area contributed by atoms with Gasteiger partial charge in [0.05, 0.1) is 11.2 Å². The van der Waals surface area contributed by atoms with Crippen LogP contribution in [0, 0.1) is 0 Å². The lowest BCUT2D eigenvalue weighted by molar-refractivity contribution is 0.174. The minimum atomic E-state index is -0.689. The molecule has 20 heavy (non-hydrogen) atoms. The van der Waals surface area contributed by atoms with Crippen molar-refractivity contribution in [2.75, 3.05) is 5.73 Å². The fourth-order valence-electron chi connectivity index (χ4n) is 2.20. The second-order valence-electron chi connectivity index (χ2n) is 4.70. The number of anilines is 1. The minimum Gasteiger partial charge on any atom is -0.386 e. The first-order chi connectivity index (χ1) is 9.74. The van der Waals surface area contributed by atoms with E-state index in [1.165, 1.54) is 0 Å². The van der Waals surface area contributed by atoms with E-state index in [0.717, 1.165) is 16.5 Å². The van der Waals surface area contributed by atoms with Gasteiger partial charge in [-0.25, -0.2) is 4.98 Å². The third-order valence-electron chi connectivity index (χ3n) is 3.30. The van der Waals surface area contributed by atoms with Crippen LogP contribution in [-0.4, -0.2) is 15.1 Å². The first-order valence-corrected chi connectivity index (χ1v) is 6.47. The number of pyridine rings is 2. The summed E-state index contributed by atoms with van der Waals surface area (Å²) in [5, 5.41) is 11.4. The van der Waals surface area contributed by atoms with Gasteiger partial charge in [-0.15, -0.1) is 0 Å². The molecular formula is C16H15N3O. The van der Waals surface area contributed by atoms with Gasteiger partial charge in [-0.3, -0.25) is 4.98 Å². The molecule has 0 fully saturated rings. The molecule has 0 spiro atoms. The third kappa shape index (κ3) is 2.46. The largest absolute Gasteiger partial charge is 0.386 e. The molecule has 0 amide bonds. The fraction of sp³-hybridized carbons (Fsp3) is 0.125. The number of aliphatic hydroxyl groups excluding tert-OH is 1. The number of rotatable bonds is 3. The lowest BCUT2D eigenvalue weighted by Gasteiger charge is -2.12. The van der Waals surface area contributed by atoms with Crippen molar-refractivity contribution in [2.45, 2.75) is 12.5 Å². The Morgan fingerprint density at radius 3 is 2.75 bits per heavy atom. The molecule has 0 aliphatic heterocycles. The average Bonchev–Trinajstić information content (AvgIpc) is 2.49. The van der Waals surface area contributed by atoms with E-state index in [9.17, 15) is 5.11 Å². The molecule has 0 radical (unpaired) electrons. The highest BCUT2D eigenvalue weighted by atomic mass is 16.3. The highest BCUT2D eigenvalue weighted by molar-refractivity contribution is 5.78. The summed E-state index contributed by atoms with van der Waals surface area (Å²) in [6, 6.07) is 15.3. The molecule has 4 heteroatoms. The van der Waals surface area contributed by atoms with Crippen molar-refractivity contribution in [2.24, 2.45) is 0 Å². The zero-order chi connectivity index (χ0) is 13.9. The molecule has 4 nitrogen and oxygen atoms in total. The zero-order valence-electron chi connectivity index (χ0n) is 10.9. The Bertz CT molecular complexity index is 742. The number of aromatic nitrogens is 2. The first kappa shape index (κ1) is 12.6. The molecule has 2 aromatic heterocycles. The monoisotopic (exact) mass is 265 g/mol. The van der Waals surface area contributed by atoms with Crippen LogP contribution in [0.2, 0.25) is 0 Å². The molecule has 1 unspecified atom stereocenters. The summed E-state index contributed by atoms with van der Waals surface area (Å²) in [6.45, 7) is 0. The van der Waals surface area contributed by atoms with Crippen LogP contribution in [-0.2, 0) is 6.42 Å². The van der Waals surface area contributed by atoms with Crippen molar-refractivity contribution in [3.05, 3.63) is 66.0 Å². The molecule has 1 aromatic carbocycles. The predicted octanol–water partition coefficient (Wildman–Crippen LogP) is 2.49. The van der Waals surface area contributed by atoms with Crippen LogP contribution in [0.5, 0.6) is 0 Å². The van der Waals surface area contributed by atoms with E-state index < -0.39 is 6.10 Å². The standard InChI is InChI=1S/C16H15N3O/c17-16-12(5-3-9-18-16)10-15(20)14-8-7-11-4-1-2-6-13(11)19-14/h1-9,15,20H,10H2,(H2,17,18). The number of aliphatic hydroxyl groups is 1. The number of hydrogen-bond donors (Lipinski definition) is 2. The SMILES string of the molecule is Nc1ncccc1CC(O)c1ccc2ccccc2n1. The second kappa shape index (κ2) is 5.27. The van der Waals surface area contributed by atoms with Gasteiger partial charge in [0.25, 0.3) is 0 Å². The molecule has 3 N–H and O–H groups in total. The van der Waals surface area contributed by atoms with Crippen LogP contribution in [0.25, 0.3) is 10.9 Å². The molecule has 3 rings (SSSR count). The number of hydrogen-bond acceptors (Lipinski definition) is 4. The van der Waals surface area contributed by atoms with Gasteiger partial charge in [0.2, 0.25) is 0 Å². The van der Waals surface area contributed by atoms with Gasteiger partial charge in [0.1, 0.15) is 11.9 Å². The summed E-state index contributed by atoms with van der Waals surface area (Å²) in [6.07, 6.45) is 1.36. The van der Waals surface area contributed by atoms with Crippen molar-refractivity contribution < 1.29 is 5.11 Å². The molecule has 0 saturated carbocycles. The topological polar surface area (TPSA) is 72.0 Å². The molecule has 3 aromatic rings. The van der Waals surface area contributed by atoms with Crippen LogP contribution in [0.1, 0.15) is 17.4 Å². The maximum atomic E-state index is 10.3. The van der Waals surface area contributed by atoms with E-state index in [1.54, 1.807) is 6.20 Å². The van der Waals surface area contributed by atoms with Crippen LogP contribution >= 0.6 is 0 Å². The van der Waals surface area contributed by atoms with Crippen LogP contribution < -0.4 is 5.73 Å². The van der Waals surface area contributed by atoms with E-state index in [1.807, 2.05) is 48.5 Å². The second-order valence-corrected chi connectivity index (χ2v) is 4.70. The van der Waals surface area contributed by atoms with Gasteiger partial charge < -0.3 is 10.8 Å². The van der Waals surface area contributed by atoms with E-state index in [4.69, 9.17) is 5.73 Å². The number of nitrogens with two attached hydrogens (primary N) is 1. The lowest BCUT2D eigenvalue weighted by Crippen LogP contribution is -2.07. The van der Waals surface area contributed by atoms with Gasteiger partial charge in [-0.2, -0.15) is 0 Å². The van der Waals surface area contributed by atoms with Gasteiger partial charge in [-0.1, -0.05) is 30.3 Å². The maximum absolute atomic E-state index is 10.3. The smallest absolute Gasteiger partial charge is 0.126 e. The molecule has 0 bridgehead atoms. The maximum Gasteiger partial charge on any atom is 0.126 e. The third-order valence-corrected chi connectivity index (χ3v) is 3.30. The van der Waals surface area contributed by atoms with Crippen LogP contribution in [0.15, 0.2) is 54.7 Å². The van der Waals surface area contributed by atoms with Gasteiger partial charge >= 0.3 is 0 Å². The number of nitrogens with zero attached hydrogens (tertiary/aromatic N) is 2. The first-order valence-electron chi connectivity index (χ1n) is 6.47. The van der Waals surface area contributed by atoms with Crippen molar-refractivity contribution in [3.8, 4) is 0 Å². The molecule has 1 atom stereocenters. The van der Waals surface area contributed by atoms with Crippen LogP contribution in [0.3, 0.4) is 0 Å². The van der Waals surface area contributed by atoms with Crippen molar-refractivity contribution in [3.63, 3.8) is 0 Å². The van der Waals surface area contributed by atoms with E-state index in [2.05, 4.69) is 9.97 Å². The summed E-state index contributed by atoms with van der Waals surface area (Å²) in [5.41, 5.74) is 8.15. The Kier molecular flexibility index (Phi) is 3.31. The summed E-state index contributed by atoms with van der Waals surface area (Å²) in [5.74, 6) is 0.451. The molecule has 0 aliphatic carbocycles. The number of fused-ring (bicyclic) bond motifs is 1. The van der Waals surface area contributed by atoms with E-state index >= 15 is 0 Å². The normalized spacial score (nSPS) is 12.4. The number of nitrogen functional groups attached to an aromatic ring is 1. The molecule has 2 heterocycles. The Labute approximate surface area is 116 Å². The zero-order valence-corrected chi connectivity index (χ0v) is 10.9. The van der Waals surface area contributed by atoms with Crippen molar-refractivity contribution >= 4 is 16.7 Å². The Morgan fingerprint density at radius 1 is 1.05 bits per heavy atom. The summed E-state index contributed by atoms with van der Waals surface area (Å²) in [7, 11) is 0. The Morgan fingerprint density at radius 2 is 1.90 bits per heavy atom. The number of benzene rings is 1. The van der Waals surface area contributed by atoms with Crippen molar-refractivity contribution in [1.82, 2.24) is 9.97 Å². The summed E-state index contributed by atoms with van der Waals surface area (Å²) in [4.78, 5) is 8.51. The van der Waals surface area contributed by atoms with Crippen molar-refractivity contribution in [1.29, 1.82) is 0 Å². The minimum absolute atomic E-state index is 0.408. The molecule has 100 valence electrons. The highest BCUT2D eigenvalue weighted by Gasteiger charge is 2.12. The van der Waals surface area contributed by atoms with Crippen LogP contribution in [0.4, 0.5) is 5.82 Å². The Hall–Kier alpha value is -2.46. The Balaban J connectivity index is 1.89. The summed E-state index contributed by atoms with van der Waals surface area (Å²) < 4.78 is 0. The van der Waals surface area contributed by atoms with Gasteiger partial charge in [-0.05, 0) is 23.8 Å². The quantitative estimate of drug-likeness (QED) is 0.763. The number of para-hydroxylation sites is 1. The average molecular weight is 265 g/mol. The molecular weight excluding hydrogens is 250 g/mol. The van der Waals surface area contributed by atoms with Gasteiger partial charge in [0.15, 0.2) is 0 Å². The highest BCUT2D eigenvalue weighted by Crippen LogP contribution is 2.21.